The molecule has 3 atom stereocenters. The molecule has 2 fully saturated rings. The zero-order valence-corrected chi connectivity index (χ0v) is 14.1. The van der Waals surface area contributed by atoms with E-state index in [2.05, 4.69) is 10.1 Å². The van der Waals surface area contributed by atoms with Gasteiger partial charge in [-0.05, 0) is 49.4 Å². The Morgan fingerprint density at radius 3 is 2.70 bits per heavy atom. The van der Waals surface area contributed by atoms with E-state index < -0.39 is 0 Å². The van der Waals surface area contributed by atoms with Crippen molar-refractivity contribution in [3.05, 3.63) is 35.2 Å². The van der Waals surface area contributed by atoms with Crippen LogP contribution in [0.3, 0.4) is 0 Å². The molecule has 122 valence electrons. The topological polar surface area (TPSA) is 43.4 Å². The Labute approximate surface area is 141 Å². The van der Waals surface area contributed by atoms with E-state index in [1.165, 1.54) is 45.2 Å². The molecule has 0 bridgehead atoms. The normalized spacial score (nSPS) is 27.6. The van der Waals surface area contributed by atoms with Gasteiger partial charge < -0.3 is 9.42 Å². The minimum absolute atomic E-state index is 0.656. The van der Waals surface area contributed by atoms with Gasteiger partial charge in [-0.3, -0.25) is 0 Å². The Bertz CT molecular complexity index is 655. The number of halogens is 1. The SMILES string of the molecule is Clc1ccc(-c2noc(C[NH+]3CC[C@H]4CCCC[C@@H]4C3)n2)cc1. The zero-order chi connectivity index (χ0) is 15.6. The fraction of sp³-hybridized carbons (Fsp3) is 0.556. The molecule has 2 heterocycles. The molecule has 0 spiro atoms. The summed E-state index contributed by atoms with van der Waals surface area (Å²) in [5.41, 5.74) is 0.949. The van der Waals surface area contributed by atoms with Gasteiger partial charge in [0, 0.05) is 16.5 Å². The van der Waals surface area contributed by atoms with E-state index in [0.29, 0.717) is 5.82 Å². The maximum absolute atomic E-state index is 5.92. The number of benzene rings is 1. The Kier molecular flexibility index (Phi) is 4.36. The number of quaternary nitrogens is 1. The standard InChI is InChI=1S/C18H22ClN3O/c19-16-7-5-14(6-8-16)18-20-17(23-21-18)12-22-10-9-13-3-1-2-4-15(13)11-22/h5-8,13,15H,1-4,9-12H2/p+1/t13-,15-/m1/s1. The molecule has 1 N–H and O–H groups in total. The average molecular weight is 333 g/mol. The van der Waals surface area contributed by atoms with Crippen molar-refractivity contribution in [2.24, 2.45) is 11.8 Å². The second-order valence-electron chi connectivity index (χ2n) is 6.99. The first kappa shape index (κ1) is 15.2. The van der Waals surface area contributed by atoms with E-state index >= 15 is 0 Å². The third-order valence-electron chi connectivity index (χ3n) is 5.46. The number of hydrogen-bond donors (Lipinski definition) is 1. The van der Waals surface area contributed by atoms with Gasteiger partial charge in [0.05, 0.1) is 13.1 Å². The van der Waals surface area contributed by atoms with Crippen LogP contribution in [-0.4, -0.2) is 23.2 Å². The Hall–Kier alpha value is -1.39. The first-order valence-electron chi connectivity index (χ1n) is 8.70. The number of hydrogen-bond acceptors (Lipinski definition) is 3. The minimum atomic E-state index is 0.656. The molecule has 2 aliphatic rings. The van der Waals surface area contributed by atoms with Crippen LogP contribution < -0.4 is 4.90 Å². The fourth-order valence-corrected chi connectivity index (χ4v) is 4.34. The van der Waals surface area contributed by atoms with Crippen LogP contribution in [0.1, 0.15) is 38.0 Å². The smallest absolute Gasteiger partial charge is 0.282 e. The Morgan fingerprint density at radius 1 is 1.09 bits per heavy atom. The Morgan fingerprint density at radius 2 is 1.87 bits per heavy atom. The van der Waals surface area contributed by atoms with E-state index in [0.717, 1.165) is 34.9 Å². The number of fused-ring (bicyclic) bond motifs is 1. The molecule has 5 heteroatoms. The van der Waals surface area contributed by atoms with Gasteiger partial charge in [0.2, 0.25) is 5.82 Å². The van der Waals surface area contributed by atoms with Crippen molar-refractivity contribution < 1.29 is 9.42 Å². The second-order valence-corrected chi connectivity index (χ2v) is 7.43. The lowest BCUT2D eigenvalue weighted by molar-refractivity contribution is -0.925. The zero-order valence-electron chi connectivity index (χ0n) is 13.3. The van der Waals surface area contributed by atoms with Crippen molar-refractivity contribution in [2.75, 3.05) is 13.1 Å². The van der Waals surface area contributed by atoms with E-state index in [9.17, 15) is 0 Å². The largest absolute Gasteiger partial charge is 0.333 e. The molecule has 4 nitrogen and oxygen atoms in total. The van der Waals surface area contributed by atoms with E-state index in [4.69, 9.17) is 16.1 Å². The number of nitrogens with one attached hydrogen (secondary N) is 1. The van der Waals surface area contributed by atoms with Gasteiger partial charge in [0.1, 0.15) is 0 Å². The molecular formula is C18H23ClN3O+. The molecule has 1 aliphatic heterocycles. The molecule has 1 aliphatic carbocycles. The van der Waals surface area contributed by atoms with E-state index in [1.807, 2.05) is 24.3 Å². The first-order valence-corrected chi connectivity index (χ1v) is 9.08. The van der Waals surface area contributed by atoms with Gasteiger partial charge in [0.15, 0.2) is 6.54 Å². The third-order valence-corrected chi connectivity index (χ3v) is 5.71. The molecule has 23 heavy (non-hydrogen) atoms. The van der Waals surface area contributed by atoms with E-state index in [-0.39, 0.29) is 0 Å². The maximum Gasteiger partial charge on any atom is 0.282 e. The van der Waals surface area contributed by atoms with Gasteiger partial charge in [0.25, 0.3) is 5.89 Å². The van der Waals surface area contributed by atoms with Crippen LogP contribution in [0.5, 0.6) is 0 Å². The van der Waals surface area contributed by atoms with Crippen LogP contribution >= 0.6 is 11.6 Å². The molecule has 1 saturated carbocycles. The second kappa shape index (κ2) is 6.62. The number of nitrogens with zero attached hydrogens (tertiary/aromatic N) is 2. The third kappa shape index (κ3) is 3.43. The molecule has 2 aromatic rings. The quantitative estimate of drug-likeness (QED) is 0.939. The van der Waals surface area contributed by atoms with Gasteiger partial charge >= 0.3 is 0 Å². The van der Waals surface area contributed by atoms with Crippen LogP contribution in [-0.2, 0) is 6.54 Å². The van der Waals surface area contributed by atoms with Crippen molar-refractivity contribution >= 4 is 11.6 Å². The molecule has 1 aromatic heterocycles. The number of likely N-dealkylation sites (tertiary alicyclic amines) is 1. The first-order chi connectivity index (χ1) is 11.3. The Balaban J connectivity index is 1.40. The molecule has 1 unspecified atom stereocenters. The number of piperidine rings is 1. The van der Waals surface area contributed by atoms with Crippen molar-refractivity contribution in [1.82, 2.24) is 10.1 Å². The highest BCUT2D eigenvalue weighted by Gasteiger charge is 2.34. The highest BCUT2D eigenvalue weighted by atomic mass is 35.5. The fourth-order valence-electron chi connectivity index (χ4n) is 4.21. The van der Waals surface area contributed by atoms with Gasteiger partial charge in [-0.1, -0.05) is 29.6 Å². The highest BCUT2D eigenvalue weighted by molar-refractivity contribution is 6.30. The number of rotatable bonds is 3. The molecule has 4 rings (SSSR count). The summed E-state index contributed by atoms with van der Waals surface area (Å²) in [5, 5.41) is 4.84. The summed E-state index contributed by atoms with van der Waals surface area (Å²) in [5.74, 6) is 3.29. The maximum atomic E-state index is 5.92. The van der Waals surface area contributed by atoms with Crippen LogP contribution in [0.4, 0.5) is 0 Å². The predicted octanol–water partition coefficient (Wildman–Crippen LogP) is 2.99. The lowest BCUT2D eigenvalue weighted by atomic mass is 9.75. The van der Waals surface area contributed by atoms with Crippen molar-refractivity contribution in [2.45, 2.75) is 38.6 Å². The number of aromatic nitrogens is 2. The van der Waals surface area contributed by atoms with Gasteiger partial charge in [-0.25, -0.2) is 0 Å². The summed E-state index contributed by atoms with van der Waals surface area (Å²) >= 11 is 5.92. The average Bonchev–Trinajstić information content (AvgIpc) is 3.04. The molecule has 0 radical (unpaired) electrons. The summed E-state index contributed by atoms with van der Waals surface area (Å²) in [6, 6.07) is 7.56. The highest BCUT2D eigenvalue weighted by Crippen LogP contribution is 2.32. The van der Waals surface area contributed by atoms with Crippen LogP contribution in [0, 0.1) is 11.8 Å². The van der Waals surface area contributed by atoms with Gasteiger partial charge in [-0.2, -0.15) is 4.98 Å². The van der Waals surface area contributed by atoms with Crippen LogP contribution in [0.2, 0.25) is 5.02 Å². The molecule has 0 amide bonds. The summed E-state index contributed by atoms with van der Waals surface area (Å²) < 4.78 is 5.47. The lowest BCUT2D eigenvalue weighted by Crippen LogP contribution is -3.12. The molecule has 1 aromatic carbocycles. The summed E-state index contributed by atoms with van der Waals surface area (Å²) in [7, 11) is 0. The summed E-state index contributed by atoms with van der Waals surface area (Å²) in [6.45, 7) is 3.35. The van der Waals surface area contributed by atoms with Crippen LogP contribution in [0.15, 0.2) is 28.8 Å². The van der Waals surface area contributed by atoms with Crippen LogP contribution in [0.25, 0.3) is 11.4 Å². The molecular weight excluding hydrogens is 310 g/mol. The summed E-state index contributed by atoms with van der Waals surface area (Å²) in [4.78, 5) is 6.16. The van der Waals surface area contributed by atoms with Gasteiger partial charge in [-0.15, -0.1) is 0 Å². The monoisotopic (exact) mass is 332 g/mol. The van der Waals surface area contributed by atoms with Crippen molar-refractivity contribution in [1.29, 1.82) is 0 Å². The predicted molar refractivity (Wildman–Crippen MR) is 89.2 cm³/mol. The van der Waals surface area contributed by atoms with E-state index in [1.54, 1.807) is 4.90 Å². The van der Waals surface area contributed by atoms with Crippen molar-refractivity contribution in [3.8, 4) is 11.4 Å². The van der Waals surface area contributed by atoms with Crippen molar-refractivity contribution in [3.63, 3.8) is 0 Å². The molecule has 1 saturated heterocycles. The summed E-state index contributed by atoms with van der Waals surface area (Å²) in [6.07, 6.45) is 7.06. The lowest BCUT2D eigenvalue weighted by Gasteiger charge is -2.38. The minimum Gasteiger partial charge on any atom is -0.333 e.